The lowest BCUT2D eigenvalue weighted by Crippen LogP contribution is -2.11. The number of hydrogen-bond acceptors (Lipinski definition) is 2. The molecule has 1 aliphatic heterocycles. The average molecular weight is 295 g/mol. The van der Waals surface area contributed by atoms with Crippen LogP contribution in [0, 0.1) is 13.8 Å². The summed E-state index contributed by atoms with van der Waals surface area (Å²) >= 11 is 0. The van der Waals surface area contributed by atoms with E-state index < -0.39 is 6.10 Å². The highest BCUT2D eigenvalue weighted by atomic mass is 16.3. The molecule has 0 saturated carbocycles. The van der Waals surface area contributed by atoms with E-state index in [1.807, 2.05) is 51.1 Å². The van der Waals surface area contributed by atoms with Gasteiger partial charge >= 0.3 is 0 Å². The fourth-order valence-electron chi connectivity index (χ4n) is 3.30. The van der Waals surface area contributed by atoms with Crippen LogP contribution in [0.4, 0.5) is 5.69 Å². The molecule has 1 amide bonds. The monoisotopic (exact) mass is 295 g/mol. The highest BCUT2D eigenvalue weighted by molar-refractivity contribution is 6.04. The van der Waals surface area contributed by atoms with Gasteiger partial charge in [0.25, 0.3) is 0 Å². The van der Waals surface area contributed by atoms with Gasteiger partial charge in [0, 0.05) is 5.56 Å². The summed E-state index contributed by atoms with van der Waals surface area (Å²) in [6.07, 6.45) is 0.0353. The van der Waals surface area contributed by atoms with Gasteiger partial charge in [0.1, 0.15) is 6.10 Å². The molecule has 0 aromatic heterocycles. The number of fused-ring (bicyclic) bond motifs is 1. The molecule has 0 radical (unpaired) electrons. The predicted octanol–water partition coefficient (Wildman–Crippen LogP) is 3.83. The van der Waals surface area contributed by atoms with Crippen LogP contribution in [-0.4, -0.2) is 11.0 Å². The zero-order chi connectivity index (χ0) is 15.9. The Morgan fingerprint density at radius 3 is 2.59 bits per heavy atom. The third-order valence-corrected chi connectivity index (χ3v) is 4.47. The topological polar surface area (TPSA) is 49.3 Å². The minimum atomic E-state index is -0.731. The first-order valence-electron chi connectivity index (χ1n) is 7.71. The molecular weight excluding hydrogens is 274 g/mol. The summed E-state index contributed by atoms with van der Waals surface area (Å²) in [5.74, 6) is -0.0842. The van der Waals surface area contributed by atoms with Gasteiger partial charge in [-0.25, -0.2) is 0 Å². The van der Waals surface area contributed by atoms with E-state index in [9.17, 15) is 9.90 Å². The minimum absolute atomic E-state index is 0.0290. The number of nitrogens with one attached hydrogen (secondary N) is 1. The molecule has 0 spiro atoms. The normalized spacial score (nSPS) is 18.0. The van der Waals surface area contributed by atoms with Gasteiger partial charge in [0.15, 0.2) is 0 Å². The standard InChI is InChI=1S/C19H21NO2/c1-4-13-15-9-11(2)10-16(17(15)20-19(13)22)18(21)14-8-6-5-7-12(14)3/h5-10,13,18,21H,4H2,1-3H3,(H,20,22). The van der Waals surface area contributed by atoms with Gasteiger partial charge in [0.2, 0.25) is 5.91 Å². The minimum Gasteiger partial charge on any atom is -0.384 e. The van der Waals surface area contributed by atoms with E-state index in [4.69, 9.17) is 0 Å². The summed E-state index contributed by atoms with van der Waals surface area (Å²) in [6, 6.07) is 11.8. The highest BCUT2D eigenvalue weighted by Crippen LogP contribution is 2.41. The SMILES string of the molecule is CCC1C(=O)Nc2c1cc(C)cc2C(O)c1ccccc1C. The zero-order valence-corrected chi connectivity index (χ0v) is 13.2. The molecule has 3 rings (SSSR count). The van der Waals surface area contributed by atoms with Crippen molar-refractivity contribution in [3.8, 4) is 0 Å². The van der Waals surface area contributed by atoms with Gasteiger partial charge in [0.05, 0.1) is 11.6 Å². The van der Waals surface area contributed by atoms with Crippen LogP contribution >= 0.6 is 0 Å². The second-order valence-corrected chi connectivity index (χ2v) is 6.03. The summed E-state index contributed by atoms with van der Waals surface area (Å²) in [7, 11) is 0. The maximum atomic E-state index is 12.2. The first kappa shape index (κ1) is 14.8. The fourth-order valence-corrected chi connectivity index (χ4v) is 3.30. The number of aliphatic hydroxyl groups excluding tert-OH is 1. The molecule has 0 fully saturated rings. The van der Waals surface area contributed by atoms with E-state index in [1.54, 1.807) is 0 Å². The van der Waals surface area contributed by atoms with E-state index in [0.29, 0.717) is 0 Å². The molecule has 2 N–H and O–H groups in total. The van der Waals surface area contributed by atoms with Crippen LogP contribution in [0.15, 0.2) is 36.4 Å². The van der Waals surface area contributed by atoms with E-state index in [1.165, 1.54) is 0 Å². The summed E-state index contributed by atoms with van der Waals surface area (Å²) in [4.78, 5) is 12.2. The fraction of sp³-hybridized carbons (Fsp3) is 0.316. The number of amides is 1. The van der Waals surface area contributed by atoms with Crippen LogP contribution in [-0.2, 0) is 4.79 Å². The van der Waals surface area contributed by atoms with Crippen molar-refractivity contribution in [2.24, 2.45) is 0 Å². The van der Waals surface area contributed by atoms with Crippen molar-refractivity contribution in [1.82, 2.24) is 0 Å². The Morgan fingerprint density at radius 1 is 1.18 bits per heavy atom. The zero-order valence-electron chi connectivity index (χ0n) is 13.2. The van der Waals surface area contributed by atoms with E-state index >= 15 is 0 Å². The maximum absolute atomic E-state index is 12.2. The molecule has 114 valence electrons. The number of anilines is 1. The third-order valence-electron chi connectivity index (χ3n) is 4.47. The number of benzene rings is 2. The van der Waals surface area contributed by atoms with Crippen LogP contribution in [0.3, 0.4) is 0 Å². The van der Waals surface area contributed by atoms with E-state index in [0.717, 1.165) is 39.9 Å². The van der Waals surface area contributed by atoms with Gasteiger partial charge in [-0.05, 0) is 37.0 Å². The molecule has 2 unspecified atom stereocenters. The molecule has 0 saturated heterocycles. The van der Waals surface area contributed by atoms with Gasteiger partial charge in [-0.1, -0.05) is 48.9 Å². The predicted molar refractivity (Wildman–Crippen MR) is 88.1 cm³/mol. The lowest BCUT2D eigenvalue weighted by molar-refractivity contribution is -0.117. The summed E-state index contributed by atoms with van der Waals surface area (Å²) < 4.78 is 0. The number of aliphatic hydroxyl groups is 1. The van der Waals surface area contributed by atoms with E-state index in [-0.39, 0.29) is 11.8 Å². The van der Waals surface area contributed by atoms with Crippen LogP contribution in [0.5, 0.6) is 0 Å². The van der Waals surface area contributed by atoms with E-state index in [2.05, 4.69) is 11.4 Å². The molecule has 1 aliphatic rings. The Morgan fingerprint density at radius 2 is 1.91 bits per heavy atom. The quantitative estimate of drug-likeness (QED) is 0.904. The Balaban J connectivity index is 2.13. The molecule has 0 bridgehead atoms. The number of carbonyl (C=O) groups excluding carboxylic acids is 1. The summed E-state index contributed by atoms with van der Waals surface area (Å²) in [6.45, 7) is 6.00. The van der Waals surface area contributed by atoms with Gasteiger partial charge in [-0.3, -0.25) is 4.79 Å². The second-order valence-electron chi connectivity index (χ2n) is 6.03. The number of aryl methyl sites for hydroxylation is 2. The first-order valence-corrected chi connectivity index (χ1v) is 7.71. The second kappa shape index (κ2) is 5.58. The third kappa shape index (κ3) is 2.32. The lowest BCUT2D eigenvalue weighted by Gasteiger charge is -2.18. The molecule has 3 heteroatoms. The van der Waals surface area contributed by atoms with Gasteiger partial charge < -0.3 is 10.4 Å². The number of rotatable bonds is 3. The lowest BCUT2D eigenvalue weighted by atomic mass is 9.90. The molecule has 1 heterocycles. The van der Waals surface area contributed by atoms with Crippen molar-refractivity contribution in [1.29, 1.82) is 0 Å². The Hall–Kier alpha value is -2.13. The van der Waals surface area contributed by atoms with Gasteiger partial charge in [-0.2, -0.15) is 0 Å². The first-order chi connectivity index (χ1) is 10.5. The van der Waals surface area contributed by atoms with Crippen molar-refractivity contribution in [3.63, 3.8) is 0 Å². The largest absolute Gasteiger partial charge is 0.384 e. The van der Waals surface area contributed by atoms with Crippen LogP contribution in [0.2, 0.25) is 0 Å². The summed E-state index contributed by atoms with van der Waals surface area (Å²) in [5.41, 5.74) is 5.57. The molecule has 2 aromatic carbocycles. The number of hydrogen-bond donors (Lipinski definition) is 2. The van der Waals surface area contributed by atoms with Crippen LogP contribution in [0.1, 0.15) is 53.2 Å². The van der Waals surface area contributed by atoms with Crippen molar-refractivity contribution < 1.29 is 9.90 Å². The smallest absolute Gasteiger partial charge is 0.232 e. The Bertz CT molecular complexity index is 736. The maximum Gasteiger partial charge on any atom is 0.232 e. The molecule has 3 nitrogen and oxygen atoms in total. The number of carbonyl (C=O) groups is 1. The van der Waals surface area contributed by atoms with Crippen LogP contribution in [0.25, 0.3) is 0 Å². The highest BCUT2D eigenvalue weighted by Gasteiger charge is 2.32. The van der Waals surface area contributed by atoms with Crippen molar-refractivity contribution in [3.05, 3.63) is 64.2 Å². The molecule has 2 atom stereocenters. The molecular formula is C19H21NO2. The van der Waals surface area contributed by atoms with Crippen molar-refractivity contribution in [2.75, 3.05) is 5.32 Å². The van der Waals surface area contributed by atoms with Crippen LogP contribution < -0.4 is 5.32 Å². The van der Waals surface area contributed by atoms with Gasteiger partial charge in [-0.15, -0.1) is 0 Å². The van der Waals surface area contributed by atoms with Crippen molar-refractivity contribution >= 4 is 11.6 Å². The Kier molecular flexibility index (Phi) is 3.75. The van der Waals surface area contributed by atoms with Crippen molar-refractivity contribution in [2.45, 2.75) is 39.2 Å². The Labute approximate surface area is 131 Å². The molecule has 22 heavy (non-hydrogen) atoms. The summed E-state index contributed by atoms with van der Waals surface area (Å²) in [5, 5.41) is 13.8. The molecule has 0 aliphatic carbocycles. The average Bonchev–Trinajstić information content (AvgIpc) is 2.81. The molecule has 2 aromatic rings.